The van der Waals surface area contributed by atoms with Gasteiger partial charge in [-0.25, -0.2) is 9.18 Å². The normalized spacial score (nSPS) is 12.5. The lowest BCUT2D eigenvalue weighted by molar-refractivity contribution is -0.144. The van der Waals surface area contributed by atoms with Crippen molar-refractivity contribution in [1.82, 2.24) is 20.2 Å². The second-order valence-corrected chi connectivity index (χ2v) is 6.27. The molecular formula is C15H18FN5O4. The van der Waals surface area contributed by atoms with E-state index >= 15 is 0 Å². The molecule has 0 aliphatic heterocycles. The van der Waals surface area contributed by atoms with E-state index in [9.17, 15) is 14.0 Å². The van der Waals surface area contributed by atoms with Crippen molar-refractivity contribution < 1.29 is 23.8 Å². The zero-order chi connectivity index (χ0) is 18.8. The van der Waals surface area contributed by atoms with Crippen molar-refractivity contribution in [2.45, 2.75) is 39.3 Å². The van der Waals surface area contributed by atoms with Gasteiger partial charge in [-0.1, -0.05) is 0 Å². The van der Waals surface area contributed by atoms with Gasteiger partial charge in [0.1, 0.15) is 0 Å². The third-order valence-electron chi connectivity index (χ3n) is 3.06. The second-order valence-electron chi connectivity index (χ2n) is 6.27. The Morgan fingerprint density at radius 2 is 2.04 bits per heavy atom. The number of benzene rings is 1. The summed E-state index contributed by atoms with van der Waals surface area (Å²) in [5, 5.41) is 22.6. The maximum atomic E-state index is 14.0. The first kappa shape index (κ1) is 18.3. The second kappa shape index (κ2) is 6.83. The summed E-state index contributed by atoms with van der Waals surface area (Å²) in [6, 6.07) is 3.61. The predicted octanol–water partition coefficient (Wildman–Crippen LogP) is 1.67. The first-order valence-electron chi connectivity index (χ1n) is 7.39. The number of hydrogen-bond acceptors (Lipinski definition) is 6. The largest absolute Gasteiger partial charge is 0.479 e. The standard InChI is InChI=1S/C15H18FN5O4/c1-8(14(23)24)25-11-6-5-9(7-10(11)16)17-13(22)12-18-20-21(19-12)15(2,3)4/h5-8H,1-4H3,(H,17,22)(H,23,24). The number of aromatic nitrogens is 4. The van der Waals surface area contributed by atoms with Gasteiger partial charge in [0, 0.05) is 11.8 Å². The number of carboxylic acid groups (broad SMARTS) is 1. The molecule has 1 atom stereocenters. The van der Waals surface area contributed by atoms with Gasteiger partial charge in [0.2, 0.25) is 0 Å². The van der Waals surface area contributed by atoms with E-state index in [1.165, 1.54) is 23.9 Å². The van der Waals surface area contributed by atoms with Crippen molar-refractivity contribution in [2.75, 3.05) is 5.32 Å². The number of nitrogens with one attached hydrogen (secondary N) is 1. The SMILES string of the molecule is CC(Oc1ccc(NC(=O)c2nnn(C(C)(C)C)n2)cc1F)C(=O)O. The number of rotatable bonds is 5. The summed E-state index contributed by atoms with van der Waals surface area (Å²) in [4.78, 5) is 24.1. The summed E-state index contributed by atoms with van der Waals surface area (Å²) in [5.41, 5.74) is -0.290. The van der Waals surface area contributed by atoms with Gasteiger partial charge in [-0.2, -0.15) is 4.80 Å². The first-order valence-corrected chi connectivity index (χ1v) is 7.39. The quantitative estimate of drug-likeness (QED) is 0.841. The molecular weight excluding hydrogens is 333 g/mol. The number of halogens is 1. The van der Waals surface area contributed by atoms with Crippen molar-refractivity contribution in [3.8, 4) is 5.75 Å². The Balaban J connectivity index is 2.10. The van der Waals surface area contributed by atoms with Gasteiger partial charge in [0.05, 0.1) is 5.54 Å². The number of carbonyl (C=O) groups excluding carboxylic acids is 1. The number of anilines is 1. The monoisotopic (exact) mass is 351 g/mol. The van der Waals surface area contributed by atoms with Crippen molar-refractivity contribution >= 4 is 17.6 Å². The van der Waals surface area contributed by atoms with Crippen molar-refractivity contribution in [2.24, 2.45) is 0 Å². The number of nitrogens with zero attached hydrogens (tertiary/aromatic N) is 4. The van der Waals surface area contributed by atoms with Crippen LogP contribution in [0.1, 0.15) is 38.3 Å². The van der Waals surface area contributed by atoms with E-state index in [4.69, 9.17) is 9.84 Å². The Labute approximate surface area is 142 Å². The van der Waals surface area contributed by atoms with E-state index < -0.39 is 29.3 Å². The lowest BCUT2D eigenvalue weighted by Gasteiger charge is -2.15. The molecule has 1 aromatic carbocycles. The molecule has 2 N–H and O–H groups in total. The molecule has 134 valence electrons. The number of aliphatic carboxylic acids is 1. The Bertz CT molecular complexity index is 799. The number of ether oxygens (including phenoxy) is 1. The van der Waals surface area contributed by atoms with Crippen LogP contribution in [0.2, 0.25) is 0 Å². The smallest absolute Gasteiger partial charge is 0.344 e. The molecule has 25 heavy (non-hydrogen) atoms. The summed E-state index contributed by atoms with van der Waals surface area (Å²) in [6.45, 7) is 6.83. The number of amides is 1. The van der Waals surface area contributed by atoms with Crippen LogP contribution in [0.25, 0.3) is 0 Å². The summed E-state index contributed by atoms with van der Waals surface area (Å²) >= 11 is 0. The minimum atomic E-state index is -1.22. The Kier molecular flexibility index (Phi) is 5.00. The summed E-state index contributed by atoms with van der Waals surface area (Å²) in [7, 11) is 0. The van der Waals surface area contributed by atoms with Crippen LogP contribution < -0.4 is 10.1 Å². The van der Waals surface area contributed by atoms with Gasteiger partial charge in [-0.15, -0.1) is 10.2 Å². The number of hydrogen-bond donors (Lipinski definition) is 2. The number of tetrazole rings is 1. The van der Waals surface area contributed by atoms with Crippen LogP contribution >= 0.6 is 0 Å². The fraction of sp³-hybridized carbons (Fsp3) is 0.400. The van der Waals surface area contributed by atoms with Crippen molar-refractivity contribution in [3.63, 3.8) is 0 Å². The molecule has 0 bridgehead atoms. The van der Waals surface area contributed by atoms with Gasteiger partial charge < -0.3 is 15.2 Å². The van der Waals surface area contributed by atoms with Crippen LogP contribution in [0, 0.1) is 5.82 Å². The Hall–Kier alpha value is -3.04. The average Bonchev–Trinajstić information content (AvgIpc) is 3.00. The van der Waals surface area contributed by atoms with E-state index in [2.05, 4.69) is 20.7 Å². The lowest BCUT2D eigenvalue weighted by Crippen LogP contribution is -2.25. The molecule has 0 aliphatic carbocycles. The van der Waals surface area contributed by atoms with Crippen LogP contribution in [-0.4, -0.2) is 43.3 Å². The van der Waals surface area contributed by atoms with Crippen LogP contribution in [-0.2, 0) is 10.3 Å². The Morgan fingerprint density at radius 3 is 2.56 bits per heavy atom. The molecule has 0 saturated heterocycles. The Morgan fingerprint density at radius 1 is 1.36 bits per heavy atom. The van der Waals surface area contributed by atoms with Gasteiger partial charge in [0.15, 0.2) is 17.7 Å². The molecule has 0 spiro atoms. The van der Waals surface area contributed by atoms with E-state index in [0.717, 1.165) is 6.07 Å². The third kappa shape index (κ3) is 4.49. The molecule has 10 heteroatoms. The molecule has 0 radical (unpaired) electrons. The molecule has 1 aromatic heterocycles. The molecule has 0 fully saturated rings. The average molecular weight is 351 g/mol. The summed E-state index contributed by atoms with van der Waals surface area (Å²) < 4.78 is 18.9. The lowest BCUT2D eigenvalue weighted by atomic mass is 10.1. The maximum absolute atomic E-state index is 14.0. The zero-order valence-electron chi connectivity index (χ0n) is 14.1. The molecule has 2 aromatic rings. The van der Waals surface area contributed by atoms with E-state index in [1.807, 2.05) is 20.8 Å². The van der Waals surface area contributed by atoms with E-state index in [0.29, 0.717) is 0 Å². The van der Waals surface area contributed by atoms with Crippen LogP contribution in [0.4, 0.5) is 10.1 Å². The van der Waals surface area contributed by atoms with Crippen molar-refractivity contribution in [3.05, 3.63) is 29.8 Å². The molecule has 0 aliphatic rings. The summed E-state index contributed by atoms with van der Waals surface area (Å²) in [5.74, 6) is -3.07. The highest BCUT2D eigenvalue weighted by atomic mass is 19.1. The number of carbonyl (C=O) groups is 2. The van der Waals surface area contributed by atoms with Crippen LogP contribution in [0.15, 0.2) is 18.2 Å². The first-order chi connectivity index (χ1) is 11.6. The van der Waals surface area contributed by atoms with E-state index in [-0.39, 0.29) is 17.3 Å². The molecule has 9 nitrogen and oxygen atoms in total. The summed E-state index contributed by atoms with van der Waals surface area (Å²) in [6.07, 6.45) is -1.20. The zero-order valence-corrected chi connectivity index (χ0v) is 14.1. The highest BCUT2D eigenvalue weighted by Crippen LogP contribution is 2.22. The highest BCUT2D eigenvalue weighted by Gasteiger charge is 2.21. The minimum Gasteiger partial charge on any atom is -0.479 e. The molecule has 1 amide bonds. The molecule has 1 heterocycles. The van der Waals surface area contributed by atoms with Gasteiger partial charge in [0.25, 0.3) is 11.7 Å². The molecule has 0 saturated carbocycles. The van der Waals surface area contributed by atoms with Crippen LogP contribution in [0.5, 0.6) is 5.75 Å². The molecule has 2 rings (SSSR count). The topological polar surface area (TPSA) is 119 Å². The van der Waals surface area contributed by atoms with E-state index in [1.54, 1.807) is 0 Å². The predicted molar refractivity (Wildman–Crippen MR) is 84.9 cm³/mol. The van der Waals surface area contributed by atoms with Gasteiger partial charge >= 0.3 is 5.97 Å². The highest BCUT2D eigenvalue weighted by molar-refractivity contribution is 6.01. The third-order valence-corrected chi connectivity index (χ3v) is 3.06. The minimum absolute atomic E-state index is 0.143. The molecule has 1 unspecified atom stereocenters. The van der Waals surface area contributed by atoms with Gasteiger partial charge in [-0.05, 0) is 45.0 Å². The maximum Gasteiger partial charge on any atom is 0.344 e. The fourth-order valence-corrected chi connectivity index (χ4v) is 1.69. The number of carboxylic acids is 1. The van der Waals surface area contributed by atoms with Crippen molar-refractivity contribution in [1.29, 1.82) is 0 Å². The van der Waals surface area contributed by atoms with Gasteiger partial charge in [-0.3, -0.25) is 4.79 Å². The fourth-order valence-electron chi connectivity index (χ4n) is 1.69. The van der Waals surface area contributed by atoms with Crippen LogP contribution in [0.3, 0.4) is 0 Å².